The molecule has 0 aliphatic carbocycles. The van der Waals surface area contributed by atoms with Crippen LogP contribution in [-0.4, -0.2) is 21.0 Å². The van der Waals surface area contributed by atoms with E-state index in [0.717, 1.165) is 22.4 Å². The standard InChI is InChI=1S/C14H19N3O2/c1-7(2)12(14(18)19)13(15)9-4-5-10-11(6-9)17-8(3)16-10/h4-7,12-13H,15H2,1-3H3,(H,16,17)(H,18,19). The Hall–Kier alpha value is -1.88. The van der Waals surface area contributed by atoms with E-state index < -0.39 is 17.9 Å². The van der Waals surface area contributed by atoms with Crippen LogP contribution < -0.4 is 5.73 Å². The molecule has 102 valence electrons. The second-order valence-corrected chi connectivity index (χ2v) is 5.23. The molecule has 2 aromatic rings. The molecule has 5 nitrogen and oxygen atoms in total. The molecule has 2 unspecified atom stereocenters. The van der Waals surface area contributed by atoms with Gasteiger partial charge in [-0.05, 0) is 30.5 Å². The first-order valence-electron chi connectivity index (χ1n) is 6.35. The van der Waals surface area contributed by atoms with Gasteiger partial charge in [-0.25, -0.2) is 4.98 Å². The highest BCUT2D eigenvalue weighted by Crippen LogP contribution is 2.28. The lowest BCUT2D eigenvalue weighted by molar-refractivity contribution is -0.144. The summed E-state index contributed by atoms with van der Waals surface area (Å²) < 4.78 is 0. The van der Waals surface area contributed by atoms with Gasteiger partial charge in [0.25, 0.3) is 0 Å². The van der Waals surface area contributed by atoms with E-state index in [0.29, 0.717) is 0 Å². The smallest absolute Gasteiger partial charge is 0.308 e. The maximum atomic E-state index is 11.3. The summed E-state index contributed by atoms with van der Waals surface area (Å²) in [6.45, 7) is 5.63. The number of aryl methyl sites for hydroxylation is 1. The Morgan fingerprint density at radius 2 is 2.11 bits per heavy atom. The van der Waals surface area contributed by atoms with Crippen LogP contribution in [0.1, 0.15) is 31.3 Å². The first-order chi connectivity index (χ1) is 8.90. The molecule has 4 N–H and O–H groups in total. The van der Waals surface area contributed by atoms with Gasteiger partial charge < -0.3 is 15.8 Å². The largest absolute Gasteiger partial charge is 0.481 e. The number of benzene rings is 1. The highest BCUT2D eigenvalue weighted by atomic mass is 16.4. The number of H-pyrrole nitrogens is 1. The molecule has 0 aliphatic heterocycles. The van der Waals surface area contributed by atoms with Crippen molar-refractivity contribution in [2.75, 3.05) is 0 Å². The normalized spacial score (nSPS) is 14.8. The molecule has 1 aromatic heterocycles. The zero-order chi connectivity index (χ0) is 14.2. The SMILES string of the molecule is Cc1nc2ccc(C(N)C(C(=O)O)C(C)C)cc2[nH]1. The van der Waals surface area contributed by atoms with Gasteiger partial charge in [-0.15, -0.1) is 0 Å². The van der Waals surface area contributed by atoms with Crippen LogP contribution in [0.25, 0.3) is 11.0 Å². The number of nitrogens with one attached hydrogen (secondary N) is 1. The number of nitrogens with zero attached hydrogens (tertiary/aromatic N) is 1. The lowest BCUT2D eigenvalue weighted by Crippen LogP contribution is -2.32. The number of aliphatic carboxylic acids is 1. The van der Waals surface area contributed by atoms with Crippen molar-refractivity contribution in [1.82, 2.24) is 9.97 Å². The summed E-state index contributed by atoms with van der Waals surface area (Å²) in [6.07, 6.45) is 0. The van der Waals surface area contributed by atoms with E-state index in [1.807, 2.05) is 39.0 Å². The second kappa shape index (κ2) is 5.01. The molecule has 0 saturated heterocycles. The molecule has 2 atom stereocenters. The van der Waals surface area contributed by atoms with Crippen LogP contribution in [0, 0.1) is 18.8 Å². The van der Waals surface area contributed by atoms with Gasteiger partial charge in [0, 0.05) is 6.04 Å². The third-order valence-corrected chi connectivity index (χ3v) is 3.40. The van der Waals surface area contributed by atoms with Crippen LogP contribution in [-0.2, 0) is 4.79 Å². The van der Waals surface area contributed by atoms with Crippen molar-refractivity contribution in [2.45, 2.75) is 26.8 Å². The number of aromatic amines is 1. The number of carboxylic acid groups (broad SMARTS) is 1. The monoisotopic (exact) mass is 261 g/mol. The molecule has 0 spiro atoms. The van der Waals surface area contributed by atoms with Crippen LogP contribution >= 0.6 is 0 Å². The number of carbonyl (C=O) groups is 1. The first kappa shape index (κ1) is 13.5. The third-order valence-electron chi connectivity index (χ3n) is 3.40. The summed E-state index contributed by atoms with van der Waals surface area (Å²) >= 11 is 0. The molecule has 0 radical (unpaired) electrons. The van der Waals surface area contributed by atoms with E-state index >= 15 is 0 Å². The topological polar surface area (TPSA) is 92.0 Å². The molecule has 0 saturated carbocycles. The van der Waals surface area contributed by atoms with E-state index in [-0.39, 0.29) is 5.92 Å². The van der Waals surface area contributed by atoms with Crippen LogP contribution in [0.5, 0.6) is 0 Å². The molecule has 5 heteroatoms. The van der Waals surface area contributed by atoms with Gasteiger partial charge in [0.1, 0.15) is 5.82 Å². The molecular formula is C14H19N3O2. The Balaban J connectivity index is 2.39. The number of fused-ring (bicyclic) bond motifs is 1. The Kier molecular flexibility index (Phi) is 3.57. The molecule has 2 rings (SSSR count). The third kappa shape index (κ3) is 2.61. The first-order valence-corrected chi connectivity index (χ1v) is 6.35. The van der Waals surface area contributed by atoms with Gasteiger partial charge in [0.2, 0.25) is 0 Å². The fourth-order valence-electron chi connectivity index (χ4n) is 2.42. The lowest BCUT2D eigenvalue weighted by Gasteiger charge is -2.23. The molecule has 0 fully saturated rings. The minimum Gasteiger partial charge on any atom is -0.481 e. The Bertz CT molecular complexity index is 604. The summed E-state index contributed by atoms with van der Waals surface area (Å²) in [5.74, 6) is -0.643. The molecule has 1 heterocycles. The second-order valence-electron chi connectivity index (χ2n) is 5.23. The van der Waals surface area contributed by atoms with Gasteiger partial charge in [0.05, 0.1) is 17.0 Å². The lowest BCUT2D eigenvalue weighted by atomic mass is 9.85. The zero-order valence-corrected chi connectivity index (χ0v) is 11.3. The van der Waals surface area contributed by atoms with Crippen LogP contribution in [0.15, 0.2) is 18.2 Å². The van der Waals surface area contributed by atoms with Gasteiger partial charge in [-0.3, -0.25) is 4.79 Å². The van der Waals surface area contributed by atoms with Gasteiger partial charge in [-0.1, -0.05) is 19.9 Å². The van der Waals surface area contributed by atoms with Crippen molar-refractivity contribution in [3.05, 3.63) is 29.6 Å². The highest BCUT2D eigenvalue weighted by molar-refractivity contribution is 5.77. The van der Waals surface area contributed by atoms with Crippen molar-refractivity contribution in [2.24, 2.45) is 17.6 Å². The molecule has 1 aromatic carbocycles. The maximum absolute atomic E-state index is 11.3. The van der Waals surface area contributed by atoms with E-state index in [9.17, 15) is 9.90 Å². The number of rotatable bonds is 4. The van der Waals surface area contributed by atoms with E-state index in [1.54, 1.807) is 0 Å². The minimum atomic E-state index is -0.858. The van der Waals surface area contributed by atoms with Gasteiger partial charge in [0.15, 0.2) is 0 Å². The average molecular weight is 261 g/mol. The van der Waals surface area contributed by atoms with E-state index in [2.05, 4.69) is 9.97 Å². The summed E-state index contributed by atoms with van der Waals surface area (Å²) in [5.41, 5.74) is 8.69. The highest BCUT2D eigenvalue weighted by Gasteiger charge is 2.29. The number of hydrogen-bond acceptors (Lipinski definition) is 3. The van der Waals surface area contributed by atoms with Gasteiger partial charge >= 0.3 is 5.97 Å². The Labute approximate surface area is 111 Å². The predicted molar refractivity (Wildman–Crippen MR) is 73.7 cm³/mol. The summed E-state index contributed by atoms with van der Waals surface area (Å²) in [6, 6.07) is 5.09. The molecule has 0 aliphatic rings. The fourth-order valence-corrected chi connectivity index (χ4v) is 2.42. The van der Waals surface area contributed by atoms with Crippen molar-refractivity contribution < 1.29 is 9.90 Å². The fraction of sp³-hybridized carbons (Fsp3) is 0.429. The van der Waals surface area contributed by atoms with E-state index in [1.165, 1.54) is 0 Å². The Morgan fingerprint density at radius 1 is 1.42 bits per heavy atom. The summed E-state index contributed by atoms with van der Waals surface area (Å²) in [7, 11) is 0. The van der Waals surface area contributed by atoms with Gasteiger partial charge in [-0.2, -0.15) is 0 Å². The molecule has 0 amide bonds. The Morgan fingerprint density at radius 3 is 2.68 bits per heavy atom. The number of aromatic nitrogens is 2. The number of imidazole rings is 1. The summed E-state index contributed by atoms with van der Waals surface area (Å²) in [5, 5.41) is 9.29. The molecule has 19 heavy (non-hydrogen) atoms. The predicted octanol–water partition coefficient (Wildman–Crippen LogP) is 2.23. The van der Waals surface area contributed by atoms with Crippen LogP contribution in [0.3, 0.4) is 0 Å². The number of hydrogen-bond donors (Lipinski definition) is 3. The summed E-state index contributed by atoms with van der Waals surface area (Å²) in [4.78, 5) is 18.8. The van der Waals surface area contributed by atoms with Crippen molar-refractivity contribution in [3.63, 3.8) is 0 Å². The quantitative estimate of drug-likeness (QED) is 0.787. The molecule has 0 bridgehead atoms. The van der Waals surface area contributed by atoms with Crippen molar-refractivity contribution in [3.8, 4) is 0 Å². The number of carboxylic acids is 1. The molecular weight excluding hydrogens is 242 g/mol. The number of nitrogens with two attached hydrogens (primary N) is 1. The van der Waals surface area contributed by atoms with Crippen molar-refractivity contribution >= 4 is 17.0 Å². The maximum Gasteiger partial charge on any atom is 0.308 e. The van der Waals surface area contributed by atoms with Crippen LogP contribution in [0.2, 0.25) is 0 Å². The average Bonchev–Trinajstić information content (AvgIpc) is 2.66. The zero-order valence-electron chi connectivity index (χ0n) is 11.3. The van der Waals surface area contributed by atoms with E-state index in [4.69, 9.17) is 5.73 Å². The van der Waals surface area contributed by atoms with Crippen LogP contribution in [0.4, 0.5) is 0 Å². The van der Waals surface area contributed by atoms with Crippen molar-refractivity contribution in [1.29, 1.82) is 0 Å². The minimum absolute atomic E-state index is 0.0216.